The lowest BCUT2D eigenvalue weighted by Crippen LogP contribution is -3.00. The van der Waals surface area contributed by atoms with Crippen molar-refractivity contribution < 1.29 is 55.9 Å². The topological polar surface area (TPSA) is 143 Å². The van der Waals surface area contributed by atoms with Crippen LogP contribution in [0.1, 0.15) is 33.2 Å². The number of aromatic nitrogens is 2. The molecule has 0 amide bonds. The van der Waals surface area contributed by atoms with Gasteiger partial charge in [-0.2, -0.15) is 0 Å². The van der Waals surface area contributed by atoms with Crippen LogP contribution in [0.5, 0.6) is 0 Å². The summed E-state index contributed by atoms with van der Waals surface area (Å²) in [6.45, 7) is 9.89. The van der Waals surface area contributed by atoms with Gasteiger partial charge in [-0.3, -0.25) is 9.78 Å². The number of hydrogen-bond acceptors (Lipinski definition) is 11. The molecule has 0 aliphatic carbocycles. The van der Waals surface area contributed by atoms with Gasteiger partial charge in [-0.15, -0.1) is 34.3 Å². The number of carbonyl (C=O) groups excluding carboxylic acids is 4. The number of ether oxygens (including phenoxy) is 3. The second kappa shape index (κ2) is 34.4. The Morgan fingerprint density at radius 2 is 1.21 bits per heavy atom. The molecule has 4 rings (SSSR count). The Balaban J connectivity index is -0.000000546. The van der Waals surface area contributed by atoms with Gasteiger partial charge in [0.2, 0.25) is 0 Å². The molecule has 4 heterocycles. The highest BCUT2D eigenvalue weighted by atomic mass is 35.5. The maximum atomic E-state index is 11.3. The van der Waals surface area contributed by atoms with Crippen LogP contribution in [0, 0.1) is 0 Å². The molecule has 0 bridgehead atoms. The molecule has 0 saturated carbocycles. The molecule has 10 nitrogen and oxygen atoms in total. The average molecular weight is 762 g/mol. The first-order valence-electron chi connectivity index (χ1n) is 13.4. The number of halogens is 3. The Morgan fingerprint density at radius 1 is 0.750 bits per heavy atom. The first-order valence-corrected chi connectivity index (χ1v) is 16.3. The van der Waals surface area contributed by atoms with Gasteiger partial charge in [-0.25, -0.2) is 19.4 Å². The quantitative estimate of drug-likeness (QED) is 0.0675. The summed E-state index contributed by atoms with van der Waals surface area (Å²) < 4.78 is 14.1. The van der Waals surface area contributed by atoms with Crippen LogP contribution in [0.3, 0.4) is 0 Å². The molecule has 4 aromatic rings. The van der Waals surface area contributed by atoms with Gasteiger partial charge >= 0.3 is 17.9 Å². The minimum absolute atomic E-state index is 0. The predicted octanol–water partition coefficient (Wildman–Crippen LogP) is 3.69. The molecule has 2 N–H and O–H groups in total. The third-order valence-corrected chi connectivity index (χ3v) is 6.22. The molecule has 0 unspecified atom stereocenters. The summed E-state index contributed by atoms with van der Waals surface area (Å²) in [6, 6.07) is 18.5. The number of nitrogens with one attached hydrogen (secondary N) is 1. The Kier molecular flexibility index (Phi) is 34.8. The molecule has 0 saturated heterocycles. The predicted molar refractivity (Wildman–Crippen MR) is 187 cm³/mol. The molecule has 262 valence electrons. The summed E-state index contributed by atoms with van der Waals surface area (Å²) in [4.78, 5) is 50.8. The van der Waals surface area contributed by atoms with Crippen LogP contribution in [0.15, 0.2) is 121 Å². The van der Waals surface area contributed by atoms with E-state index in [0.29, 0.717) is 20.9 Å². The third-order valence-electron chi connectivity index (χ3n) is 4.18. The fourth-order valence-corrected chi connectivity index (χ4v) is 3.53. The van der Waals surface area contributed by atoms with E-state index >= 15 is 0 Å². The first kappa shape index (κ1) is 48.5. The van der Waals surface area contributed by atoms with Gasteiger partial charge in [0, 0.05) is 42.1 Å². The van der Waals surface area contributed by atoms with E-state index < -0.39 is 17.9 Å². The average Bonchev–Trinajstić information content (AvgIpc) is 3.85. The number of alkyl halides is 1. The number of aliphatic hydroxyl groups is 1. The van der Waals surface area contributed by atoms with E-state index in [1.54, 1.807) is 55.9 Å². The second-order valence-corrected chi connectivity index (χ2v) is 10.3. The molecule has 0 aliphatic heterocycles. The number of nitrogens with zero attached hydrogens (tertiary/aromatic N) is 1. The van der Waals surface area contributed by atoms with Gasteiger partial charge in [0.25, 0.3) is 5.24 Å². The fourth-order valence-electron chi connectivity index (χ4n) is 2.16. The van der Waals surface area contributed by atoms with Crippen LogP contribution in [0.2, 0.25) is 0 Å². The summed E-state index contributed by atoms with van der Waals surface area (Å²) >= 11 is 12.4. The van der Waals surface area contributed by atoms with Crippen LogP contribution in [0.4, 0.5) is 0 Å². The molecule has 0 aliphatic rings. The summed E-state index contributed by atoms with van der Waals surface area (Å²) in [6.07, 6.45) is 8.72. The van der Waals surface area contributed by atoms with Crippen molar-refractivity contribution in [3.63, 3.8) is 0 Å². The minimum atomic E-state index is -0.479. The highest BCUT2D eigenvalue weighted by Gasteiger charge is 2.08. The summed E-state index contributed by atoms with van der Waals surface area (Å²) in [5.74, 6) is -1.34. The van der Waals surface area contributed by atoms with Crippen LogP contribution < -0.4 is 17.4 Å². The lowest BCUT2D eigenvalue weighted by atomic mass is 10.4. The zero-order valence-electron chi connectivity index (χ0n) is 26.7. The van der Waals surface area contributed by atoms with Crippen molar-refractivity contribution in [1.29, 1.82) is 0 Å². The Morgan fingerprint density at radius 3 is 1.50 bits per heavy atom. The number of rotatable bonds is 9. The van der Waals surface area contributed by atoms with Crippen LogP contribution in [-0.2, 0) is 23.8 Å². The Bertz CT molecular complexity index is 1290. The van der Waals surface area contributed by atoms with Crippen molar-refractivity contribution in [2.45, 2.75) is 13.8 Å². The number of aliphatic hydroxyl groups excluding tert-OH is 1. The van der Waals surface area contributed by atoms with Gasteiger partial charge < -0.3 is 31.7 Å². The monoisotopic (exact) mass is 760 g/mol. The van der Waals surface area contributed by atoms with Gasteiger partial charge in [-0.1, -0.05) is 37.4 Å². The van der Waals surface area contributed by atoms with Crippen molar-refractivity contribution in [1.82, 2.24) is 4.98 Å². The van der Waals surface area contributed by atoms with Crippen molar-refractivity contribution in [2.75, 3.05) is 32.8 Å². The molecule has 0 spiro atoms. The molecule has 4 aromatic heterocycles. The summed E-state index contributed by atoms with van der Waals surface area (Å²) in [5, 5.41) is 11.4. The zero-order valence-corrected chi connectivity index (χ0v) is 30.6. The number of esters is 3. The Hall–Kier alpha value is -3.91. The van der Waals surface area contributed by atoms with E-state index in [0.717, 1.165) is 0 Å². The number of aromatic amines is 1. The molecular formula is C33H39Cl3N2O8S2. The van der Waals surface area contributed by atoms with E-state index in [9.17, 15) is 19.2 Å². The van der Waals surface area contributed by atoms with E-state index in [4.69, 9.17) is 26.2 Å². The lowest BCUT2D eigenvalue weighted by molar-refractivity contribution is -0.378. The highest BCUT2D eigenvalue weighted by molar-refractivity contribution is 7.14. The molecule has 0 aromatic carbocycles. The van der Waals surface area contributed by atoms with E-state index in [1.165, 1.54) is 29.1 Å². The van der Waals surface area contributed by atoms with Gasteiger partial charge in [0.15, 0.2) is 12.4 Å². The summed E-state index contributed by atoms with van der Waals surface area (Å²) in [7, 11) is 0. The van der Waals surface area contributed by atoms with E-state index in [1.807, 2.05) is 54.2 Å². The van der Waals surface area contributed by atoms with Crippen molar-refractivity contribution >= 4 is 69.0 Å². The van der Waals surface area contributed by atoms with Crippen LogP contribution in [-0.4, -0.2) is 66.1 Å². The molecular weight excluding hydrogens is 723 g/mol. The van der Waals surface area contributed by atoms with E-state index in [-0.39, 0.29) is 44.1 Å². The maximum Gasteiger partial charge on any atom is 0.348 e. The lowest BCUT2D eigenvalue weighted by Gasteiger charge is -2.04. The fraction of sp³-hybridized carbons (Fsp3) is 0.212. The standard InChI is InChI=1S/C11H12O4S.C6H10O3.C5H3ClOS.2C5H5N.CH3Cl.ClH/c1-8(2)10(12)14-5-6-15-11(13)9-4-3-7-16-9;1-5(2)6(8)9-4-3-7;6-5(7)4-2-1-3-8-4;2*1-2-4-6-5-3-1;1-2;/h3-4,7H,1,5-6H2,2H3;7H,1,3-4H2,2H3;1-3H;2*1-5H;1H3;1H. The van der Waals surface area contributed by atoms with Gasteiger partial charge in [-0.05, 0) is 60.5 Å². The summed E-state index contributed by atoms with van der Waals surface area (Å²) in [5.41, 5.74) is 0.674. The van der Waals surface area contributed by atoms with Crippen LogP contribution in [0.25, 0.3) is 0 Å². The first-order chi connectivity index (χ1) is 22.6. The third kappa shape index (κ3) is 29.5. The normalized spacial score (nSPS) is 8.46. The molecule has 48 heavy (non-hydrogen) atoms. The molecule has 0 atom stereocenters. The minimum Gasteiger partial charge on any atom is -1.00 e. The maximum absolute atomic E-state index is 11.3. The number of thiophene rings is 2. The largest absolute Gasteiger partial charge is 1.00 e. The number of pyridine rings is 2. The van der Waals surface area contributed by atoms with Crippen molar-refractivity contribution in [3.8, 4) is 0 Å². The van der Waals surface area contributed by atoms with Crippen molar-refractivity contribution in [2.24, 2.45) is 0 Å². The number of H-pyrrole nitrogens is 1. The molecule has 0 radical (unpaired) electrons. The van der Waals surface area contributed by atoms with Crippen LogP contribution >= 0.6 is 45.9 Å². The number of hydrogen-bond donors (Lipinski definition) is 1. The zero-order chi connectivity index (χ0) is 35.7. The molecule has 0 fully saturated rings. The van der Waals surface area contributed by atoms with Crippen molar-refractivity contribution in [3.05, 3.63) is 130 Å². The highest BCUT2D eigenvalue weighted by Crippen LogP contribution is 2.10. The Labute approximate surface area is 305 Å². The van der Waals surface area contributed by atoms with Gasteiger partial charge in [0.1, 0.15) is 24.7 Å². The van der Waals surface area contributed by atoms with E-state index in [2.05, 4.69) is 39.5 Å². The van der Waals surface area contributed by atoms with Gasteiger partial charge in [0.05, 0.1) is 11.5 Å². The smallest absolute Gasteiger partial charge is 0.348 e. The number of carbonyl (C=O) groups is 4. The second-order valence-electron chi connectivity index (χ2n) is 8.02. The molecule has 15 heteroatoms. The SMILES string of the molecule is C=C(C)C(=O)OCCO.C=C(C)C(=O)OCCOC(=O)c1cccs1.CCl.O=C(Cl)c1cccs1.[Cl-].c1cc[nH+]cc1.c1ccncc1.